The lowest BCUT2D eigenvalue weighted by Crippen LogP contribution is -2.61. The molecule has 14 aromatic rings. The van der Waals surface area contributed by atoms with E-state index >= 15 is 0 Å². The first kappa shape index (κ1) is 49.9. The van der Waals surface area contributed by atoms with Gasteiger partial charge in [-0.3, -0.25) is 0 Å². The summed E-state index contributed by atoms with van der Waals surface area (Å²) in [7, 11) is 0. The molecule has 0 fully saturated rings. The number of nitrogens with zero attached hydrogens (tertiary/aromatic N) is 2. The Hall–Kier alpha value is -9.90. The number of para-hydroxylation sites is 1. The highest BCUT2D eigenvalue weighted by Crippen LogP contribution is 2.52. The van der Waals surface area contributed by atoms with E-state index in [-0.39, 0.29) is 17.5 Å². The zero-order chi connectivity index (χ0) is 56.6. The van der Waals surface area contributed by atoms with Crippen LogP contribution >= 0.6 is 0 Å². The molecule has 0 bridgehead atoms. The summed E-state index contributed by atoms with van der Waals surface area (Å²) in [5.41, 5.74) is 29.0. The summed E-state index contributed by atoms with van der Waals surface area (Å²) in [6, 6.07) is 97.7. The molecule has 0 amide bonds. The summed E-state index contributed by atoms with van der Waals surface area (Å²) >= 11 is 0. The third-order valence-electron chi connectivity index (χ3n) is 18.1. The number of fused-ring (bicyclic) bond motifs is 10. The Kier molecular flexibility index (Phi) is 11.2. The van der Waals surface area contributed by atoms with E-state index in [2.05, 4.69) is 312 Å². The highest BCUT2D eigenvalue weighted by Gasteiger charge is 2.45. The molecule has 0 spiro atoms. The van der Waals surface area contributed by atoms with Crippen molar-refractivity contribution >= 4 is 83.9 Å². The van der Waals surface area contributed by atoms with Crippen molar-refractivity contribution in [2.45, 2.75) is 52.4 Å². The van der Waals surface area contributed by atoms with E-state index < -0.39 is 0 Å². The number of hydrogen-bond acceptors (Lipinski definition) is 2. The Morgan fingerprint density at radius 2 is 0.833 bits per heavy atom. The van der Waals surface area contributed by atoms with Crippen molar-refractivity contribution in [2.24, 2.45) is 0 Å². The number of anilines is 3. The molecule has 0 atom stereocenters. The van der Waals surface area contributed by atoms with Gasteiger partial charge in [0.15, 0.2) is 0 Å². The molecule has 0 saturated heterocycles. The van der Waals surface area contributed by atoms with E-state index in [0.29, 0.717) is 0 Å². The van der Waals surface area contributed by atoms with Gasteiger partial charge in [-0.05, 0) is 136 Å². The molecule has 2 aromatic heterocycles. The third-order valence-corrected chi connectivity index (χ3v) is 18.1. The fraction of sp³-hybridized carbons (Fsp3) is 0.100. The molecule has 0 unspecified atom stereocenters. The summed E-state index contributed by atoms with van der Waals surface area (Å²) in [6.07, 6.45) is 0. The maximum absolute atomic E-state index is 7.17. The molecular weight excluding hydrogens is 1020 g/mol. The Morgan fingerprint density at radius 3 is 1.44 bits per heavy atom. The molecule has 2 aliphatic rings. The fourth-order valence-electron chi connectivity index (χ4n) is 13.8. The lowest BCUT2D eigenvalue weighted by atomic mass is 9.33. The van der Waals surface area contributed by atoms with Gasteiger partial charge in [0, 0.05) is 55.3 Å². The average Bonchev–Trinajstić information content (AvgIpc) is 2.05. The van der Waals surface area contributed by atoms with E-state index in [9.17, 15) is 0 Å². The van der Waals surface area contributed by atoms with Crippen LogP contribution in [0.4, 0.5) is 17.1 Å². The number of benzene rings is 12. The Labute approximate surface area is 491 Å². The largest absolute Gasteiger partial charge is 0.456 e. The zero-order valence-corrected chi connectivity index (χ0v) is 48.2. The highest BCUT2D eigenvalue weighted by atomic mass is 16.3. The van der Waals surface area contributed by atoms with Gasteiger partial charge in [0.25, 0.3) is 6.71 Å². The Morgan fingerprint density at radius 1 is 0.321 bits per heavy atom. The van der Waals surface area contributed by atoms with Crippen LogP contribution in [0.5, 0.6) is 0 Å². The molecule has 0 N–H and O–H groups in total. The first-order chi connectivity index (χ1) is 40.9. The van der Waals surface area contributed by atoms with Crippen LogP contribution in [0.1, 0.15) is 52.7 Å². The standard InChI is InChI=1S/C80H61BN2O/c1-79(2,3)59-41-58(42-60(47-59)80(4,5)6)63-34-22-33-62(54-31-20-11-21-32-54)77(63)83-70-48-67-66-43-55(50-23-12-7-13-24-50)36-40-73(66)84-74(67)49-68(70)81-75-61(53-29-18-10-19-30-53)38-39-65-64-37-35-56(51-25-14-8-15-26-51)44-69(64)82(78(65)75)71-45-57(46-72(83)76(71)81)52-27-16-9-17-28-52/h7-49H,1-6H3. The highest BCUT2D eigenvalue weighted by molar-refractivity contribution is 7.01. The van der Waals surface area contributed by atoms with Crippen LogP contribution < -0.4 is 21.3 Å². The van der Waals surface area contributed by atoms with Crippen LogP contribution in [0.2, 0.25) is 0 Å². The molecule has 0 radical (unpaired) electrons. The Bertz CT molecular complexity index is 4920. The predicted octanol–water partition coefficient (Wildman–Crippen LogP) is 19.9. The van der Waals surface area contributed by atoms with Gasteiger partial charge in [-0.25, -0.2) is 0 Å². The van der Waals surface area contributed by atoms with Crippen LogP contribution in [0.3, 0.4) is 0 Å². The molecule has 12 aromatic carbocycles. The van der Waals surface area contributed by atoms with Gasteiger partial charge in [0.2, 0.25) is 0 Å². The van der Waals surface area contributed by atoms with Crippen LogP contribution in [0.25, 0.3) is 116 Å². The lowest BCUT2D eigenvalue weighted by molar-refractivity contribution is 0.569. The molecule has 84 heavy (non-hydrogen) atoms. The number of rotatable bonds is 7. The van der Waals surface area contributed by atoms with Crippen molar-refractivity contribution in [1.29, 1.82) is 0 Å². The molecule has 400 valence electrons. The monoisotopic (exact) mass is 1080 g/mol. The zero-order valence-electron chi connectivity index (χ0n) is 48.2. The van der Waals surface area contributed by atoms with Gasteiger partial charge in [0.1, 0.15) is 11.2 Å². The fourth-order valence-corrected chi connectivity index (χ4v) is 13.8. The van der Waals surface area contributed by atoms with E-state index in [0.717, 1.165) is 66.8 Å². The molecular formula is C80H61BN2O. The van der Waals surface area contributed by atoms with Crippen LogP contribution in [0, 0.1) is 0 Å². The summed E-state index contributed by atoms with van der Waals surface area (Å²) in [4.78, 5) is 2.68. The molecule has 16 rings (SSSR count). The molecule has 0 aliphatic carbocycles. The summed E-state index contributed by atoms with van der Waals surface area (Å²) in [6.45, 7) is 13.9. The van der Waals surface area contributed by atoms with Gasteiger partial charge >= 0.3 is 0 Å². The number of furan rings is 1. The lowest BCUT2D eigenvalue weighted by Gasteiger charge is -2.42. The van der Waals surface area contributed by atoms with E-state index in [4.69, 9.17) is 4.42 Å². The van der Waals surface area contributed by atoms with Crippen LogP contribution in [0.15, 0.2) is 265 Å². The van der Waals surface area contributed by atoms with Crippen molar-refractivity contribution in [1.82, 2.24) is 4.57 Å². The maximum atomic E-state index is 7.17. The SMILES string of the molecule is CC(C)(C)c1cc(-c2cccc(-c3ccccc3)c2N2c3cc4c(cc3B3c5c2cc(-c2ccccc2)cc5-n2c5cc(-c6ccccc6)ccc5c5ccc(-c6ccccc6)c3c52)oc2ccc(-c3ccccc3)cc24)cc(C(C)(C)C)c1. The first-order valence-electron chi connectivity index (χ1n) is 29.6. The minimum absolute atomic E-state index is 0.108. The van der Waals surface area contributed by atoms with Crippen molar-refractivity contribution in [3.05, 3.63) is 272 Å². The normalized spacial score (nSPS) is 12.8. The van der Waals surface area contributed by atoms with E-state index in [1.54, 1.807) is 0 Å². The van der Waals surface area contributed by atoms with Crippen molar-refractivity contribution < 1.29 is 4.42 Å². The Balaban J connectivity index is 1.11. The smallest absolute Gasteiger partial charge is 0.253 e. The second-order valence-electron chi connectivity index (χ2n) is 25.2. The van der Waals surface area contributed by atoms with Gasteiger partial charge in [-0.15, -0.1) is 0 Å². The second kappa shape index (κ2) is 18.8. The van der Waals surface area contributed by atoms with Gasteiger partial charge < -0.3 is 13.9 Å². The van der Waals surface area contributed by atoms with E-state index in [1.165, 1.54) is 94.0 Å². The minimum atomic E-state index is -0.211. The van der Waals surface area contributed by atoms with Gasteiger partial charge in [-0.2, -0.15) is 0 Å². The minimum Gasteiger partial charge on any atom is -0.456 e. The summed E-state index contributed by atoms with van der Waals surface area (Å²) < 4.78 is 9.81. The third kappa shape index (κ3) is 7.88. The maximum Gasteiger partial charge on any atom is 0.253 e. The second-order valence-corrected chi connectivity index (χ2v) is 25.2. The topological polar surface area (TPSA) is 21.3 Å². The summed E-state index contributed by atoms with van der Waals surface area (Å²) in [5.74, 6) is 0. The molecule has 4 heterocycles. The molecule has 3 nitrogen and oxygen atoms in total. The number of hydrogen-bond donors (Lipinski definition) is 0. The van der Waals surface area contributed by atoms with Crippen LogP contribution in [-0.4, -0.2) is 11.3 Å². The van der Waals surface area contributed by atoms with Crippen molar-refractivity contribution in [2.75, 3.05) is 4.90 Å². The molecule has 4 heteroatoms. The van der Waals surface area contributed by atoms with Crippen LogP contribution in [-0.2, 0) is 10.8 Å². The van der Waals surface area contributed by atoms with E-state index in [1.807, 2.05) is 0 Å². The van der Waals surface area contributed by atoms with Crippen molar-refractivity contribution in [3.8, 4) is 72.4 Å². The van der Waals surface area contributed by atoms with Gasteiger partial charge in [-0.1, -0.05) is 260 Å². The molecule has 0 saturated carbocycles. The predicted molar refractivity (Wildman–Crippen MR) is 357 cm³/mol. The summed E-state index contributed by atoms with van der Waals surface area (Å²) in [5, 5.41) is 4.64. The number of aromatic nitrogens is 1. The first-order valence-corrected chi connectivity index (χ1v) is 29.6. The van der Waals surface area contributed by atoms with Crippen molar-refractivity contribution in [3.63, 3.8) is 0 Å². The van der Waals surface area contributed by atoms with Gasteiger partial charge in [0.05, 0.1) is 11.2 Å². The quantitative estimate of drug-likeness (QED) is 0.148. The molecule has 2 aliphatic heterocycles. The average molecular weight is 1080 g/mol.